The molecule has 0 bridgehead atoms. The van der Waals surface area contributed by atoms with Crippen LogP contribution in [0.15, 0.2) is 72.8 Å². The standard InChI is InChI=1S/C25H24O4/c1-18(26)13-22-14-23(28-16-20-9-5-3-6-10-20)15-24(25(22)19(2)27)29-17-21-11-7-4-8-12-21/h3-12,14-15H,13,16-17H2,1-2H3/i2+1,19+1. The Morgan fingerprint density at radius 3 is 1.83 bits per heavy atom. The van der Waals surface area contributed by atoms with Gasteiger partial charge in [-0.15, -0.1) is 0 Å². The predicted molar refractivity (Wildman–Crippen MR) is 112 cm³/mol. The molecule has 0 unspecified atom stereocenters. The summed E-state index contributed by atoms with van der Waals surface area (Å²) in [7, 11) is 0. The Morgan fingerprint density at radius 1 is 0.759 bits per heavy atom. The molecule has 0 fully saturated rings. The zero-order chi connectivity index (χ0) is 20.6. The van der Waals surface area contributed by atoms with Gasteiger partial charge in [0.1, 0.15) is 30.5 Å². The summed E-state index contributed by atoms with van der Waals surface area (Å²) in [5.74, 6) is 0.835. The monoisotopic (exact) mass is 390 g/mol. The second kappa shape index (κ2) is 9.69. The summed E-state index contributed by atoms with van der Waals surface area (Å²) in [6, 6.07) is 23.0. The Morgan fingerprint density at radius 2 is 1.31 bits per heavy atom. The zero-order valence-corrected chi connectivity index (χ0v) is 16.7. The molecule has 3 rings (SSSR count). The number of hydrogen-bond donors (Lipinski definition) is 0. The minimum Gasteiger partial charge on any atom is -0.489 e. The van der Waals surface area contributed by atoms with Gasteiger partial charge in [-0.1, -0.05) is 60.7 Å². The smallest absolute Gasteiger partial charge is 0.163 e. The van der Waals surface area contributed by atoms with Gasteiger partial charge in [-0.05, 0) is 36.6 Å². The van der Waals surface area contributed by atoms with Gasteiger partial charge in [0, 0.05) is 12.5 Å². The highest BCUT2D eigenvalue weighted by molar-refractivity contribution is 5.99. The summed E-state index contributed by atoms with van der Waals surface area (Å²) in [5.41, 5.74) is 3.08. The first-order valence-electron chi connectivity index (χ1n) is 9.53. The topological polar surface area (TPSA) is 52.6 Å². The van der Waals surface area contributed by atoms with Crippen LogP contribution in [0.2, 0.25) is 0 Å². The molecule has 0 heterocycles. The lowest BCUT2D eigenvalue weighted by Crippen LogP contribution is -2.09. The maximum atomic E-state index is 12.3. The Kier molecular flexibility index (Phi) is 6.80. The van der Waals surface area contributed by atoms with Crippen molar-refractivity contribution in [2.24, 2.45) is 0 Å². The molecule has 3 aromatic carbocycles. The third-order valence-electron chi connectivity index (χ3n) is 4.43. The Bertz CT molecular complexity index is 978. The van der Waals surface area contributed by atoms with Crippen LogP contribution < -0.4 is 9.47 Å². The van der Waals surface area contributed by atoms with Crippen LogP contribution in [0, 0.1) is 0 Å². The van der Waals surface area contributed by atoms with Gasteiger partial charge in [0.15, 0.2) is 5.78 Å². The van der Waals surface area contributed by atoms with E-state index in [0.29, 0.717) is 35.8 Å². The lowest BCUT2D eigenvalue weighted by molar-refractivity contribution is -0.116. The van der Waals surface area contributed by atoms with Crippen LogP contribution in [0.4, 0.5) is 0 Å². The maximum Gasteiger partial charge on any atom is 0.163 e. The number of ketones is 2. The molecule has 3 aromatic rings. The van der Waals surface area contributed by atoms with E-state index in [1.165, 1.54) is 13.8 Å². The molecule has 0 amide bonds. The van der Waals surface area contributed by atoms with E-state index in [9.17, 15) is 9.59 Å². The lowest BCUT2D eigenvalue weighted by atomic mass is 10.0. The molecule has 0 aromatic heterocycles. The van der Waals surface area contributed by atoms with Crippen LogP contribution in [0.1, 0.15) is 40.9 Å². The van der Waals surface area contributed by atoms with E-state index in [0.717, 1.165) is 11.1 Å². The van der Waals surface area contributed by atoms with Crippen molar-refractivity contribution in [1.82, 2.24) is 0 Å². The van der Waals surface area contributed by atoms with E-state index < -0.39 is 0 Å². The van der Waals surface area contributed by atoms with Crippen LogP contribution in [-0.4, -0.2) is 11.6 Å². The number of carbonyl (C=O) groups excluding carboxylic acids is 2. The molecular weight excluding hydrogens is 366 g/mol. The first-order valence-corrected chi connectivity index (χ1v) is 9.53. The van der Waals surface area contributed by atoms with E-state index >= 15 is 0 Å². The largest absolute Gasteiger partial charge is 0.489 e. The molecule has 0 aliphatic heterocycles. The first kappa shape index (κ1) is 20.3. The van der Waals surface area contributed by atoms with Crippen LogP contribution in [0.25, 0.3) is 0 Å². The van der Waals surface area contributed by atoms with E-state index in [1.54, 1.807) is 12.1 Å². The van der Waals surface area contributed by atoms with Crippen molar-refractivity contribution in [1.29, 1.82) is 0 Å². The van der Waals surface area contributed by atoms with Crippen LogP contribution in [0.5, 0.6) is 11.5 Å². The summed E-state index contributed by atoms with van der Waals surface area (Å²) < 4.78 is 11.9. The summed E-state index contributed by atoms with van der Waals surface area (Å²) in [4.78, 5) is 24.1. The molecule has 0 aliphatic carbocycles. The van der Waals surface area contributed by atoms with Crippen molar-refractivity contribution in [3.05, 3.63) is 95.1 Å². The minimum absolute atomic E-state index is 0.0262. The van der Waals surface area contributed by atoms with Gasteiger partial charge in [-0.3, -0.25) is 9.59 Å². The van der Waals surface area contributed by atoms with Crippen molar-refractivity contribution in [2.75, 3.05) is 0 Å². The zero-order valence-electron chi connectivity index (χ0n) is 16.7. The Labute approximate surface area is 171 Å². The molecule has 148 valence electrons. The summed E-state index contributed by atoms with van der Waals surface area (Å²) in [6.45, 7) is 3.70. The fourth-order valence-corrected chi connectivity index (χ4v) is 3.13. The predicted octanol–water partition coefficient (Wildman–Crippen LogP) is 5.18. The average molecular weight is 390 g/mol. The highest BCUT2D eigenvalue weighted by atomic mass is 16.5. The molecule has 0 spiro atoms. The Balaban J connectivity index is 1.91. The van der Waals surface area contributed by atoms with Crippen molar-refractivity contribution < 1.29 is 19.1 Å². The molecule has 29 heavy (non-hydrogen) atoms. The normalized spacial score (nSPS) is 10.4. The first-order chi connectivity index (χ1) is 14.0. The van der Waals surface area contributed by atoms with Gasteiger partial charge < -0.3 is 9.47 Å². The highest BCUT2D eigenvalue weighted by Gasteiger charge is 2.18. The van der Waals surface area contributed by atoms with Gasteiger partial charge in [0.05, 0.1) is 5.56 Å². The maximum absolute atomic E-state index is 12.3. The van der Waals surface area contributed by atoms with Gasteiger partial charge >= 0.3 is 0 Å². The van der Waals surface area contributed by atoms with E-state index in [2.05, 4.69) is 0 Å². The molecule has 0 aliphatic rings. The SMILES string of the molecule is CC(=O)Cc1cc(OCc2ccccc2)cc(OCc2ccccc2)c1[13C]([13CH3])=O. The Hall–Kier alpha value is -3.40. The van der Waals surface area contributed by atoms with Gasteiger partial charge in [0.2, 0.25) is 0 Å². The number of benzene rings is 3. The van der Waals surface area contributed by atoms with Crippen LogP contribution >= 0.6 is 0 Å². The van der Waals surface area contributed by atoms with E-state index in [1.807, 2.05) is 60.7 Å². The van der Waals surface area contributed by atoms with Gasteiger partial charge in [-0.2, -0.15) is 0 Å². The average Bonchev–Trinajstić information content (AvgIpc) is 2.71. The molecule has 0 saturated carbocycles. The van der Waals surface area contributed by atoms with Crippen molar-refractivity contribution >= 4 is 11.6 Å². The molecule has 0 radical (unpaired) electrons. The third-order valence-corrected chi connectivity index (χ3v) is 4.43. The number of hydrogen-bond acceptors (Lipinski definition) is 4. The number of carbonyl (C=O) groups is 2. The third kappa shape index (κ3) is 5.79. The van der Waals surface area contributed by atoms with Crippen LogP contribution in [-0.2, 0) is 24.4 Å². The lowest BCUT2D eigenvalue weighted by Gasteiger charge is -2.16. The minimum atomic E-state index is -0.140. The molecule has 0 atom stereocenters. The van der Waals surface area contributed by atoms with Crippen molar-refractivity contribution in [3.63, 3.8) is 0 Å². The van der Waals surface area contributed by atoms with Crippen molar-refractivity contribution in [3.8, 4) is 11.5 Å². The molecule has 4 nitrogen and oxygen atoms in total. The summed E-state index contributed by atoms with van der Waals surface area (Å²) in [6.07, 6.45) is 0.152. The molecule has 0 saturated heterocycles. The second-order valence-corrected chi connectivity index (χ2v) is 6.94. The molecular formula is C25H24O4. The molecule has 4 heteroatoms. The number of rotatable bonds is 9. The highest BCUT2D eigenvalue weighted by Crippen LogP contribution is 2.31. The number of Topliss-reactive ketones (excluding diaryl/α,β-unsaturated/α-hetero) is 2. The van der Waals surface area contributed by atoms with Gasteiger partial charge in [-0.25, -0.2) is 0 Å². The quantitative estimate of drug-likeness (QED) is 0.373. The fourth-order valence-electron chi connectivity index (χ4n) is 3.13. The van der Waals surface area contributed by atoms with Crippen LogP contribution in [0.3, 0.4) is 0 Å². The van der Waals surface area contributed by atoms with E-state index in [-0.39, 0.29) is 18.0 Å². The second-order valence-electron chi connectivity index (χ2n) is 6.94. The van der Waals surface area contributed by atoms with Gasteiger partial charge in [0.25, 0.3) is 0 Å². The molecule has 0 N–H and O–H groups in total. The van der Waals surface area contributed by atoms with Crippen molar-refractivity contribution in [2.45, 2.75) is 33.5 Å². The summed E-state index contributed by atoms with van der Waals surface area (Å²) >= 11 is 0. The number of ether oxygens (including phenoxy) is 2. The fraction of sp³-hybridized carbons (Fsp3) is 0.200. The summed E-state index contributed by atoms with van der Waals surface area (Å²) in [5, 5.41) is 0. The van der Waals surface area contributed by atoms with E-state index in [4.69, 9.17) is 9.47 Å².